The molecule has 7 heteroatoms. The maximum atomic E-state index is 12.3. The van der Waals surface area contributed by atoms with Gasteiger partial charge in [0.05, 0.1) is 17.1 Å². The Morgan fingerprint density at radius 1 is 1.26 bits per heavy atom. The van der Waals surface area contributed by atoms with Crippen LogP contribution in [0.1, 0.15) is 25.7 Å². The number of alkyl halides is 2. The molecule has 19 heavy (non-hydrogen) atoms. The van der Waals surface area contributed by atoms with Gasteiger partial charge in [-0.3, -0.25) is 10.1 Å². The number of non-ortho nitro benzene ring substituents is 1. The lowest BCUT2D eigenvalue weighted by Crippen LogP contribution is -2.13. The van der Waals surface area contributed by atoms with Crippen LogP contribution >= 0.6 is 0 Å². The van der Waals surface area contributed by atoms with Gasteiger partial charge in [0.15, 0.2) is 11.5 Å². The summed E-state index contributed by atoms with van der Waals surface area (Å²) in [7, 11) is 0. The van der Waals surface area contributed by atoms with Crippen molar-refractivity contribution in [3.8, 4) is 11.5 Å². The number of nitro groups is 1. The maximum Gasteiger partial charge on any atom is 0.387 e. The first-order valence-electron chi connectivity index (χ1n) is 5.96. The van der Waals surface area contributed by atoms with Crippen LogP contribution in [0.25, 0.3) is 0 Å². The lowest BCUT2D eigenvalue weighted by atomic mass is 10.2. The van der Waals surface area contributed by atoms with Crippen molar-refractivity contribution in [2.45, 2.75) is 38.4 Å². The molecule has 0 N–H and O–H groups in total. The van der Waals surface area contributed by atoms with Gasteiger partial charge in [-0.05, 0) is 31.7 Å². The van der Waals surface area contributed by atoms with Crippen LogP contribution in [0.2, 0.25) is 0 Å². The minimum atomic E-state index is -2.99. The normalized spacial score (nSPS) is 15.7. The van der Waals surface area contributed by atoms with Crippen molar-refractivity contribution in [2.24, 2.45) is 0 Å². The summed E-state index contributed by atoms with van der Waals surface area (Å²) in [6, 6.07) is 3.36. The highest BCUT2D eigenvalue weighted by Gasteiger charge is 2.21. The van der Waals surface area contributed by atoms with Crippen molar-refractivity contribution >= 4 is 5.69 Å². The zero-order valence-corrected chi connectivity index (χ0v) is 10.1. The fourth-order valence-corrected chi connectivity index (χ4v) is 2.08. The van der Waals surface area contributed by atoms with Gasteiger partial charge in [0.1, 0.15) is 0 Å². The van der Waals surface area contributed by atoms with Crippen LogP contribution in [0.15, 0.2) is 18.2 Å². The van der Waals surface area contributed by atoms with Gasteiger partial charge in [0, 0.05) is 6.07 Å². The maximum absolute atomic E-state index is 12.3. The Morgan fingerprint density at radius 3 is 2.53 bits per heavy atom. The van der Waals surface area contributed by atoms with Crippen molar-refractivity contribution in [2.75, 3.05) is 0 Å². The van der Waals surface area contributed by atoms with E-state index in [1.54, 1.807) is 0 Å². The minimum absolute atomic E-state index is 0.00130. The van der Waals surface area contributed by atoms with Crippen LogP contribution in [-0.2, 0) is 0 Å². The highest BCUT2D eigenvalue weighted by Crippen LogP contribution is 2.35. The van der Waals surface area contributed by atoms with E-state index < -0.39 is 11.5 Å². The Bertz CT molecular complexity index is 461. The quantitative estimate of drug-likeness (QED) is 0.608. The third-order valence-corrected chi connectivity index (χ3v) is 2.95. The fourth-order valence-electron chi connectivity index (χ4n) is 2.08. The van der Waals surface area contributed by atoms with Crippen LogP contribution in [0.3, 0.4) is 0 Å². The second-order valence-corrected chi connectivity index (χ2v) is 4.29. The van der Waals surface area contributed by atoms with Gasteiger partial charge in [-0.15, -0.1) is 0 Å². The molecule has 104 valence electrons. The molecule has 0 heterocycles. The molecule has 0 aliphatic heterocycles. The van der Waals surface area contributed by atoms with Gasteiger partial charge in [-0.1, -0.05) is 0 Å². The molecule has 0 radical (unpaired) electrons. The fraction of sp³-hybridized carbons (Fsp3) is 0.500. The molecule has 0 unspecified atom stereocenters. The van der Waals surface area contributed by atoms with Gasteiger partial charge >= 0.3 is 6.61 Å². The summed E-state index contributed by atoms with van der Waals surface area (Å²) in [6.45, 7) is -2.99. The molecular formula is C12H13F2NO4. The molecule has 1 aliphatic rings. The summed E-state index contributed by atoms with van der Waals surface area (Å²) in [5.41, 5.74) is -0.213. The Balaban J connectivity index is 2.23. The van der Waals surface area contributed by atoms with Crippen molar-refractivity contribution in [3.63, 3.8) is 0 Å². The van der Waals surface area contributed by atoms with Gasteiger partial charge in [-0.25, -0.2) is 0 Å². The van der Waals surface area contributed by atoms with E-state index in [-0.39, 0.29) is 23.3 Å². The summed E-state index contributed by atoms with van der Waals surface area (Å²) in [4.78, 5) is 10.1. The van der Waals surface area contributed by atoms with E-state index in [1.165, 1.54) is 0 Å². The van der Waals surface area contributed by atoms with Crippen molar-refractivity contribution in [3.05, 3.63) is 28.3 Å². The molecule has 0 atom stereocenters. The predicted molar refractivity (Wildman–Crippen MR) is 62.6 cm³/mol. The average Bonchev–Trinajstić information content (AvgIpc) is 2.83. The number of hydrogen-bond donors (Lipinski definition) is 0. The van der Waals surface area contributed by atoms with E-state index in [0.29, 0.717) is 0 Å². The number of benzene rings is 1. The molecule has 5 nitrogen and oxygen atoms in total. The standard InChI is InChI=1S/C12H13F2NO4/c13-12(14)19-10-6-5-8(15(16)17)7-11(10)18-9-3-1-2-4-9/h5-7,9,12H,1-4H2. The smallest absolute Gasteiger partial charge is 0.387 e. The number of nitro benzene ring substituents is 1. The lowest BCUT2D eigenvalue weighted by Gasteiger charge is -2.16. The van der Waals surface area contributed by atoms with Gasteiger partial charge in [0.2, 0.25) is 0 Å². The molecule has 0 saturated heterocycles. The second kappa shape index (κ2) is 5.81. The Morgan fingerprint density at radius 2 is 1.95 bits per heavy atom. The summed E-state index contributed by atoms with van der Waals surface area (Å²) in [5, 5.41) is 10.7. The first-order chi connectivity index (χ1) is 9.06. The summed E-state index contributed by atoms with van der Waals surface area (Å²) < 4.78 is 34.4. The first-order valence-corrected chi connectivity index (χ1v) is 5.96. The SMILES string of the molecule is O=[N+]([O-])c1ccc(OC(F)F)c(OC2CCCC2)c1. The Labute approximate surface area is 108 Å². The van der Waals surface area contributed by atoms with E-state index in [1.807, 2.05) is 0 Å². The van der Waals surface area contributed by atoms with E-state index in [4.69, 9.17) is 4.74 Å². The van der Waals surface area contributed by atoms with E-state index in [9.17, 15) is 18.9 Å². The molecular weight excluding hydrogens is 260 g/mol. The highest BCUT2D eigenvalue weighted by molar-refractivity contribution is 5.48. The first kappa shape index (κ1) is 13.5. The molecule has 1 fully saturated rings. The largest absolute Gasteiger partial charge is 0.486 e. The second-order valence-electron chi connectivity index (χ2n) is 4.29. The topological polar surface area (TPSA) is 61.6 Å². The molecule has 1 aromatic rings. The highest BCUT2D eigenvalue weighted by atomic mass is 19.3. The van der Waals surface area contributed by atoms with Crippen LogP contribution in [0, 0.1) is 10.1 Å². The third-order valence-electron chi connectivity index (χ3n) is 2.95. The van der Waals surface area contributed by atoms with Crippen molar-refractivity contribution < 1.29 is 23.2 Å². The molecule has 0 aromatic heterocycles. The van der Waals surface area contributed by atoms with E-state index in [0.717, 1.165) is 43.9 Å². The molecule has 0 spiro atoms. The molecule has 1 aromatic carbocycles. The number of nitrogens with zero attached hydrogens (tertiary/aromatic N) is 1. The van der Waals surface area contributed by atoms with Gasteiger partial charge in [0.25, 0.3) is 5.69 Å². The van der Waals surface area contributed by atoms with Gasteiger partial charge < -0.3 is 9.47 Å². The molecule has 1 saturated carbocycles. The number of rotatable bonds is 5. The average molecular weight is 273 g/mol. The zero-order valence-electron chi connectivity index (χ0n) is 10.1. The monoisotopic (exact) mass is 273 g/mol. The molecule has 0 amide bonds. The molecule has 1 aliphatic carbocycles. The van der Waals surface area contributed by atoms with E-state index >= 15 is 0 Å². The number of halogens is 2. The third kappa shape index (κ3) is 3.52. The molecule has 2 rings (SSSR count). The summed E-state index contributed by atoms with van der Waals surface area (Å²) in [6.07, 6.45) is 3.55. The van der Waals surface area contributed by atoms with Crippen molar-refractivity contribution in [1.29, 1.82) is 0 Å². The number of hydrogen-bond acceptors (Lipinski definition) is 4. The van der Waals surface area contributed by atoms with Crippen LogP contribution in [0.4, 0.5) is 14.5 Å². The van der Waals surface area contributed by atoms with Crippen LogP contribution < -0.4 is 9.47 Å². The zero-order chi connectivity index (χ0) is 13.8. The summed E-state index contributed by atoms with van der Waals surface area (Å²) >= 11 is 0. The minimum Gasteiger partial charge on any atom is -0.486 e. The van der Waals surface area contributed by atoms with Crippen LogP contribution in [-0.4, -0.2) is 17.6 Å². The van der Waals surface area contributed by atoms with Crippen molar-refractivity contribution in [1.82, 2.24) is 0 Å². The molecule has 0 bridgehead atoms. The van der Waals surface area contributed by atoms with Gasteiger partial charge in [-0.2, -0.15) is 8.78 Å². The predicted octanol–water partition coefficient (Wildman–Crippen LogP) is 3.52. The summed E-state index contributed by atoms with van der Waals surface area (Å²) in [5.74, 6) is -0.172. The van der Waals surface area contributed by atoms with Crippen LogP contribution in [0.5, 0.6) is 11.5 Å². The Kier molecular flexibility index (Phi) is 4.13. The Hall–Kier alpha value is -1.92. The number of ether oxygens (including phenoxy) is 2. The lowest BCUT2D eigenvalue weighted by molar-refractivity contribution is -0.385. The van der Waals surface area contributed by atoms with E-state index in [2.05, 4.69) is 4.74 Å².